The van der Waals surface area contributed by atoms with Crippen molar-refractivity contribution in [2.45, 2.75) is 58.2 Å². The third kappa shape index (κ3) is 6.66. The van der Waals surface area contributed by atoms with Crippen molar-refractivity contribution < 1.29 is 23.5 Å². The average Bonchev–Trinajstić information content (AvgIpc) is 2.82. The lowest BCUT2D eigenvalue weighted by Gasteiger charge is -2.46. The first kappa shape index (κ1) is 25.0. The standard InChI is InChI=1S/C24H35FN4O4/c1-3-4-5-6-7-16-33-24(32)28-14-12-27(13-15-28)21-17-22(30)26(2)23(31)29(21)18-19-8-10-20(25)11-9-19/h8-11,21H,3-7,12-18H2,1-2H3. The number of hydrogen-bond acceptors (Lipinski definition) is 5. The molecule has 2 aliphatic rings. The fourth-order valence-electron chi connectivity index (χ4n) is 4.27. The van der Waals surface area contributed by atoms with Crippen LogP contribution in [0.15, 0.2) is 24.3 Å². The molecule has 2 fully saturated rings. The van der Waals surface area contributed by atoms with Gasteiger partial charge in [-0.3, -0.25) is 14.6 Å². The van der Waals surface area contributed by atoms with Gasteiger partial charge in [0.2, 0.25) is 5.91 Å². The first-order chi connectivity index (χ1) is 15.9. The summed E-state index contributed by atoms with van der Waals surface area (Å²) in [5.74, 6) is -0.568. The summed E-state index contributed by atoms with van der Waals surface area (Å²) in [6.07, 6.45) is 4.98. The minimum absolute atomic E-state index is 0.186. The van der Waals surface area contributed by atoms with Gasteiger partial charge in [-0.2, -0.15) is 0 Å². The van der Waals surface area contributed by atoms with Gasteiger partial charge in [-0.1, -0.05) is 44.7 Å². The van der Waals surface area contributed by atoms with Crippen molar-refractivity contribution in [2.75, 3.05) is 39.8 Å². The Morgan fingerprint density at radius 2 is 1.70 bits per heavy atom. The quantitative estimate of drug-likeness (QED) is 0.524. The highest BCUT2D eigenvalue weighted by molar-refractivity contribution is 5.96. The molecule has 33 heavy (non-hydrogen) atoms. The van der Waals surface area contributed by atoms with E-state index in [2.05, 4.69) is 11.8 Å². The monoisotopic (exact) mass is 462 g/mol. The van der Waals surface area contributed by atoms with Gasteiger partial charge in [0.05, 0.1) is 19.2 Å². The summed E-state index contributed by atoms with van der Waals surface area (Å²) in [6, 6.07) is 5.65. The lowest BCUT2D eigenvalue weighted by atomic mass is 10.1. The second kappa shape index (κ2) is 12.0. The summed E-state index contributed by atoms with van der Waals surface area (Å²) in [4.78, 5) is 44.2. The van der Waals surface area contributed by atoms with E-state index in [0.717, 1.165) is 29.7 Å². The Kier molecular flexibility index (Phi) is 9.05. The zero-order chi connectivity index (χ0) is 23.8. The van der Waals surface area contributed by atoms with E-state index in [4.69, 9.17) is 4.74 Å². The van der Waals surface area contributed by atoms with Gasteiger partial charge in [0.1, 0.15) is 5.82 Å². The number of carbonyl (C=O) groups is 3. The summed E-state index contributed by atoms with van der Waals surface area (Å²) < 4.78 is 18.7. The van der Waals surface area contributed by atoms with Crippen LogP contribution in [0.4, 0.5) is 14.0 Å². The van der Waals surface area contributed by atoms with Gasteiger partial charge in [0, 0.05) is 39.8 Å². The first-order valence-corrected chi connectivity index (χ1v) is 11.9. The van der Waals surface area contributed by atoms with Crippen molar-refractivity contribution in [3.8, 4) is 0 Å². The Hall–Kier alpha value is -2.68. The van der Waals surface area contributed by atoms with Gasteiger partial charge in [-0.25, -0.2) is 14.0 Å². The van der Waals surface area contributed by atoms with E-state index in [1.54, 1.807) is 21.9 Å². The van der Waals surface area contributed by atoms with Crippen LogP contribution in [0.5, 0.6) is 0 Å². The van der Waals surface area contributed by atoms with Crippen molar-refractivity contribution in [3.63, 3.8) is 0 Å². The topological polar surface area (TPSA) is 73.4 Å². The van der Waals surface area contributed by atoms with Crippen LogP contribution < -0.4 is 0 Å². The largest absolute Gasteiger partial charge is 0.449 e. The molecule has 0 aliphatic carbocycles. The van der Waals surface area contributed by atoms with Crippen molar-refractivity contribution in [2.24, 2.45) is 0 Å². The van der Waals surface area contributed by atoms with Crippen molar-refractivity contribution in [1.82, 2.24) is 19.6 Å². The fourth-order valence-corrected chi connectivity index (χ4v) is 4.27. The van der Waals surface area contributed by atoms with E-state index in [0.29, 0.717) is 32.8 Å². The molecule has 0 saturated carbocycles. The summed E-state index contributed by atoms with van der Waals surface area (Å²) in [6.45, 7) is 4.93. The molecule has 8 nitrogen and oxygen atoms in total. The lowest BCUT2D eigenvalue weighted by Crippen LogP contribution is -2.63. The first-order valence-electron chi connectivity index (χ1n) is 11.9. The van der Waals surface area contributed by atoms with Crippen molar-refractivity contribution in [3.05, 3.63) is 35.6 Å². The Morgan fingerprint density at radius 1 is 1.03 bits per heavy atom. The minimum atomic E-state index is -0.400. The molecule has 1 aromatic carbocycles. The normalized spacial score (nSPS) is 19.8. The zero-order valence-electron chi connectivity index (χ0n) is 19.7. The molecule has 9 heteroatoms. The van der Waals surface area contributed by atoms with E-state index in [1.165, 1.54) is 32.0 Å². The molecule has 1 atom stereocenters. The third-order valence-electron chi connectivity index (χ3n) is 6.36. The number of halogens is 1. The zero-order valence-corrected chi connectivity index (χ0v) is 19.7. The molecule has 4 amide bonds. The summed E-state index contributed by atoms with van der Waals surface area (Å²) in [7, 11) is 1.48. The highest BCUT2D eigenvalue weighted by Gasteiger charge is 2.41. The van der Waals surface area contributed by atoms with E-state index in [9.17, 15) is 18.8 Å². The number of nitrogens with zero attached hydrogens (tertiary/aromatic N) is 4. The smallest absolute Gasteiger partial charge is 0.409 e. The number of hydrogen-bond donors (Lipinski definition) is 0. The average molecular weight is 463 g/mol. The molecule has 182 valence electrons. The summed E-state index contributed by atoms with van der Waals surface area (Å²) >= 11 is 0. The minimum Gasteiger partial charge on any atom is -0.449 e. The highest BCUT2D eigenvalue weighted by Crippen LogP contribution is 2.24. The molecule has 2 saturated heterocycles. The SMILES string of the molecule is CCCCCCCOC(=O)N1CCN(C2CC(=O)N(C)C(=O)N2Cc2ccc(F)cc2)CC1. The number of benzene rings is 1. The molecule has 2 heterocycles. The van der Waals surface area contributed by atoms with E-state index in [1.807, 2.05) is 0 Å². The van der Waals surface area contributed by atoms with Crippen LogP contribution in [0, 0.1) is 5.82 Å². The number of imide groups is 1. The predicted molar refractivity (Wildman–Crippen MR) is 122 cm³/mol. The molecule has 0 N–H and O–H groups in total. The second-order valence-electron chi connectivity index (χ2n) is 8.73. The molecule has 0 spiro atoms. The van der Waals surface area contributed by atoms with E-state index in [-0.39, 0.29) is 36.8 Å². The Morgan fingerprint density at radius 3 is 2.36 bits per heavy atom. The van der Waals surface area contributed by atoms with Crippen LogP contribution in [0.25, 0.3) is 0 Å². The van der Waals surface area contributed by atoms with E-state index < -0.39 is 6.17 Å². The molecule has 1 aromatic rings. The second-order valence-corrected chi connectivity index (χ2v) is 8.73. The summed E-state index contributed by atoms with van der Waals surface area (Å²) in [5.41, 5.74) is 0.790. The fraction of sp³-hybridized carbons (Fsp3) is 0.625. The van der Waals surface area contributed by atoms with Gasteiger partial charge in [-0.05, 0) is 24.1 Å². The van der Waals surface area contributed by atoms with Crippen LogP contribution >= 0.6 is 0 Å². The highest BCUT2D eigenvalue weighted by atomic mass is 19.1. The molecule has 2 aliphatic heterocycles. The van der Waals surface area contributed by atoms with Crippen LogP contribution in [-0.2, 0) is 16.1 Å². The maximum absolute atomic E-state index is 13.3. The van der Waals surface area contributed by atoms with Crippen LogP contribution in [0.2, 0.25) is 0 Å². The molecule has 0 bridgehead atoms. The Balaban J connectivity index is 1.55. The van der Waals surface area contributed by atoms with Gasteiger partial charge in [0.15, 0.2) is 0 Å². The van der Waals surface area contributed by atoms with Gasteiger partial charge < -0.3 is 14.5 Å². The number of urea groups is 1. The summed E-state index contributed by atoms with van der Waals surface area (Å²) in [5, 5.41) is 0. The molecule has 0 radical (unpaired) electrons. The van der Waals surface area contributed by atoms with Crippen LogP contribution in [0.1, 0.15) is 51.0 Å². The van der Waals surface area contributed by atoms with Crippen molar-refractivity contribution >= 4 is 18.0 Å². The van der Waals surface area contributed by atoms with Gasteiger partial charge in [0.25, 0.3) is 0 Å². The molecule has 3 rings (SSSR count). The van der Waals surface area contributed by atoms with Gasteiger partial charge in [-0.15, -0.1) is 0 Å². The molecule has 1 unspecified atom stereocenters. The van der Waals surface area contributed by atoms with E-state index >= 15 is 0 Å². The van der Waals surface area contributed by atoms with Crippen molar-refractivity contribution in [1.29, 1.82) is 0 Å². The lowest BCUT2D eigenvalue weighted by molar-refractivity contribution is -0.135. The van der Waals surface area contributed by atoms with Crippen LogP contribution in [-0.4, -0.2) is 83.6 Å². The Labute approximate surface area is 195 Å². The maximum atomic E-state index is 13.3. The third-order valence-corrected chi connectivity index (χ3v) is 6.36. The Bertz CT molecular complexity index is 811. The maximum Gasteiger partial charge on any atom is 0.409 e. The number of rotatable bonds is 9. The number of unbranched alkanes of at least 4 members (excludes halogenated alkanes) is 4. The molecular formula is C24H35FN4O4. The molecule has 0 aromatic heterocycles. The van der Waals surface area contributed by atoms with Gasteiger partial charge >= 0.3 is 12.1 Å². The number of amides is 4. The van der Waals surface area contributed by atoms with Crippen LogP contribution in [0.3, 0.4) is 0 Å². The molecular weight excluding hydrogens is 427 g/mol. The number of piperazine rings is 1. The predicted octanol–water partition coefficient (Wildman–Crippen LogP) is 3.66. The number of ether oxygens (including phenoxy) is 1. The number of carbonyl (C=O) groups excluding carboxylic acids is 3.